The van der Waals surface area contributed by atoms with Gasteiger partial charge >= 0.3 is 0 Å². The van der Waals surface area contributed by atoms with E-state index in [4.69, 9.17) is 0 Å². The van der Waals surface area contributed by atoms with Crippen molar-refractivity contribution in [3.63, 3.8) is 0 Å². The first kappa shape index (κ1) is 21.9. The van der Waals surface area contributed by atoms with Crippen molar-refractivity contribution in [3.8, 4) is 0 Å². The van der Waals surface area contributed by atoms with E-state index in [1.54, 1.807) is 0 Å². The summed E-state index contributed by atoms with van der Waals surface area (Å²) in [5.41, 5.74) is 1.56. The third-order valence-corrected chi connectivity index (χ3v) is 5.35. The topological polar surface area (TPSA) is 67.1 Å². The number of benzene rings is 1. The van der Waals surface area contributed by atoms with E-state index >= 15 is 0 Å². The molecule has 8 heteroatoms. The highest BCUT2D eigenvalue weighted by molar-refractivity contribution is 14.0. The van der Waals surface area contributed by atoms with E-state index in [0.717, 1.165) is 28.6 Å². The van der Waals surface area contributed by atoms with Gasteiger partial charge in [-0.1, -0.05) is 34.1 Å². The van der Waals surface area contributed by atoms with Crippen LogP contribution in [0.15, 0.2) is 46.4 Å². The van der Waals surface area contributed by atoms with E-state index in [-0.39, 0.29) is 29.4 Å². The molecule has 0 bridgehead atoms. The summed E-state index contributed by atoms with van der Waals surface area (Å²) >= 11 is 3.57. The fraction of sp³-hybridized carbons (Fsp3) is 0.421. The molecule has 1 aliphatic rings. The second kappa shape index (κ2) is 9.68. The number of aromatic nitrogens is 3. The summed E-state index contributed by atoms with van der Waals surface area (Å²) in [6.45, 7) is 7.70. The maximum Gasteiger partial charge on any atom is 0.191 e. The molecule has 0 unspecified atom stereocenters. The van der Waals surface area contributed by atoms with Gasteiger partial charge in [0.15, 0.2) is 11.8 Å². The average Bonchev–Trinajstić information content (AvgIpc) is 3.37. The summed E-state index contributed by atoms with van der Waals surface area (Å²) in [5, 5.41) is 15.0. The van der Waals surface area contributed by atoms with Crippen LogP contribution in [-0.4, -0.2) is 33.8 Å². The van der Waals surface area contributed by atoms with Crippen LogP contribution in [0, 0.1) is 6.92 Å². The fourth-order valence-electron chi connectivity index (χ4n) is 2.87. The lowest BCUT2D eigenvalue weighted by Crippen LogP contribution is -2.41. The molecule has 1 saturated carbocycles. The number of nitrogens with zero attached hydrogens (tertiary/aromatic N) is 4. The van der Waals surface area contributed by atoms with E-state index < -0.39 is 0 Å². The van der Waals surface area contributed by atoms with Gasteiger partial charge in [-0.15, -0.1) is 40.8 Å². The number of aliphatic imine (C=N–C) groups is 1. The zero-order chi connectivity index (χ0) is 18.6. The molecular formula is C19H26BrIN6. The normalized spacial score (nSPS) is 15.0. The highest BCUT2D eigenvalue weighted by Gasteiger charge is 2.44. The lowest BCUT2D eigenvalue weighted by Gasteiger charge is -2.19. The first-order valence-corrected chi connectivity index (χ1v) is 9.57. The molecule has 0 aliphatic heterocycles. The lowest BCUT2D eigenvalue weighted by molar-refractivity contribution is 0.645. The molecule has 1 aromatic heterocycles. The van der Waals surface area contributed by atoms with Gasteiger partial charge < -0.3 is 15.2 Å². The Morgan fingerprint density at radius 1 is 1.37 bits per heavy atom. The maximum atomic E-state index is 4.66. The van der Waals surface area contributed by atoms with Crippen molar-refractivity contribution in [1.82, 2.24) is 25.4 Å². The second-order valence-corrected chi connectivity index (χ2v) is 7.62. The lowest BCUT2D eigenvalue weighted by atomic mass is 9.96. The maximum absolute atomic E-state index is 4.66. The Morgan fingerprint density at radius 2 is 2.15 bits per heavy atom. The molecule has 2 N–H and O–H groups in total. The quantitative estimate of drug-likeness (QED) is 0.242. The van der Waals surface area contributed by atoms with Crippen molar-refractivity contribution in [3.05, 3.63) is 58.6 Å². The van der Waals surface area contributed by atoms with Gasteiger partial charge in [0.25, 0.3) is 0 Å². The first-order valence-electron chi connectivity index (χ1n) is 8.78. The van der Waals surface area contributed by atoms with E-state index in [9.17, 15) is 0 Å². The van der Waals surface area contributed by atoms with Crippen LogP contribution in [0.5, 0.6) is 0 Å². The Labute approximate surface area is 186 Å². The molecule has 146 valence electrons. The van der Waals surface area contributed by atoms with Crippen molar-refractivity contribution in [2.45, 2.75) is 31.7 Å². The molecule has 0 saturated heterocycles. The van der Waals surface area contributed by atoms with Crippen LogP contribution in [0.3, 0.4) is 0 Å². The van der Waals surface area contributed by atoms with Gasteiger partial charge in [-0.05, 0) is 37.5 Å². The number of nitrogens with one attached hydrogen (secondary N) is 2. The number of rotatable bonds is 7. The minimum absolute atomic E-state index is 0. The van der Waals surface area contributed by atoms with Crippen LogP contribution < -0.4 is 10.6 Å². The molecule has 3 rings (SSSR count). The van der Waals surface area contributed by atoms with Gasteiger partial charge in [0.2, 0.25) is 0 Å². The Bertz CT molecular complexity index is 812. The van der Waals surface area contributed by atoms with E-state index in [1.165, 1.54) is 18.4 Å². The standard InChI is InChI=1S/C19H25BrN6.HI/c1-4-10-21-18(22-12-17-25-24-14(2)26(17)3)23-13-19(8-9-19)15-6-5-7-16(20)11-15;/h4-7,11H,1,8-10,12-13H2,2-3H3,(H2,21,22,23);1H. The highest BCUT2D eigenvalue weighted by atomic mass is 127. The average molecular weight is 545 g/mol. The minimum atomic E-state index is 0. The van der Waals surface area contributed by atoms with Crippen molar-refractivity contribution in [2.24, 2.45) is 12.0 Å². The summed E-state index contributed by atoms with van der Waals surface area (Å²) in [6.07, 6.45) is 4.20. The van der Waals surface area contributed by atoms with Crippen molar-refractivity contribution < 1.29 is 0 Å². The van der Waals surface area contributed by atoms with Gasteiger partial charge in [-0.3, -0.25) is 0 Å². The molecule has 0 radical (unpaired) electrons. The Morgan fingerprint density at radius 3 is 2.74 bits per heavy atom. The summed E-state index contributed by atoms with van der Waals surface area (Å²) in [6, 6.07) is 8.58. The summed E-state index contributed by atoms with van der Waals surface area (Å²) in [5.74, 6) is 2.50. The van der Waals surface area contributed by atoms with E-state index in [0.29, 0.717) is 13.1 Å². The third kappa shape index (κ3) is 5.54. The van der Waals surface area contributed by atoms with Gasteiger partial charge in [-0.2, -0.15) is 0 Å². The molecular weight excluding hydrogens is 519 g/mol. The Balaban J connectivity index is 0.00000261. The van der Waals surface area contributed by atoms with Crippen LogP contribution in [-0.2, 0) is 19.0 Å². The number of guanidine groups is 1. The summed E-state index contributed by atoms with van der Waals surface area (Å²) in [4.78, 5) is 4.66. The number of hydrogen-bond acceptors (Lipinski definition) is 3. The van der Waals surface area contributed by atoms with Gasteiger partial charge in [0.05, 0.1) is 0 Å². The van der Waals surface area contributed by atoms with E-state index in [2.05, 4.69) is 72.6 Å². The van der Waals surface area contributed by atoms with Crippen LogP contribution in [0.1, 0.15) is 30.1 Å². The molecule has 0 spiro atoms. The Kier molecular flexibility index (Phi) is 7.84. The van der Waals surface area contributed by atoms with Crippen molar-refractivity contribution in [1.29, 1.82) is 0 Å². The third-order valence-electron chi connectivity index (χ3n) is 4.86. The predicted octanol–water partition coefficient (Wildman–Crippen LogP) is 3.46. The van der Waals surface area contributed by atoms with Gasteiger partial charge in [0, 0.05) is 30.0 Å². The highest BCUT2D eigenvalue weighted by Crippen LogP contribution is 2.48. The SMILES string of the molecule is C=CCNC(=NCc1nnc(C)n1C)NCC1(c2cccc(Br)c2)CC1.I. The summed E-state index contributed by atoms with van der Waals surface area (Å²) < 4.78 is 3.08. The van der Waals surface area contributed by atoms with Crippen LogP contribution in [0.2, 0.25) is 0 Å². The van der Waals surface area contributed by atoms with Crippen molar-refractivity contribution >= 4 is 45.9 Å². The molecule has 1 heterocycles. The van der Waals surface area contributed by atoms with E-state index in [1.807, 2.05) is 24.6 Å². The zero-order valence-electron chi connectivity index (χ0n) is 15.7. The monoisotopic (exact) mass is 544 g/mol. The predicted molar refractivity (Wildman–Crippen MR) is 124 cm³/mol. The zero-order valence-corrected chi connectivity index (χ0v) is 19.6. The summed E-state index contributed by atoms with van der Waals surface area (Å²) in [7, 11) is 1.96. The number of halogens is 2. The van der Waals surface area contributed by atoms with Gasteiger partial charge in [-0.25, -0.2) is 4.99 Å². The smallest absolute Gasteiger partial charge is 0.191 e. The number of hydrogen-bond donors (Lipinski definition) is 2. The minimum Gasteiger partial charge on any atom is -0.355 e. The fourth-order valence-corrected chi connectivity index (χ4v) is 3.27. The first-order chi connectivity index (χ1) is 12.5. The van der Waals surface area contributed by atoms with Crippen LogP contribution in [0.25, 0.3) is 0 Å². The van der Waals surface area contributed by atoms with Gasteiger partial charge in [0.1, 0.15) is 12.4 Å². The molecule has 0 atom stereocenters. The molecule has 0 amide bonds. The van der Waals surface area contributed by atoms with Crippen LogP contribution >= 0.6 is 39.9 Å². The molecule has 1 aromatic carbocycles. The van der Waals surface area contributed by atoms with Crippen molar-refractivity contribution in [2.75, 3.05) is 13.1 Å². The van der Waals surface area contributed by atoms with Crippen LogP contribution in [0.4, 0.5) is 0 Å². The molecule has 1 fully saturated rings. The largest absolute Gasteiger partial charge is 0.355 e. The number of aryl methyl sites for hydroxylation is 1. The molecule has 1 aliphatic carbocycles. The molecule has 6 nitrogen and oxygen atoms in total. The Hall–Kier alpha value is -1.42. The molecule has 2 aromatic rings. The molecule has 27 heavy (non-hydrogen) atoms. The second-order valence-electron chi connectivity index (χ2n) is 6.70.